The van der Waals surface area contributed by atoms with Crippen molar-refractivity contribution in [3.63, 3.8) is 0 Å². The summed E-state index contributed by atoms with van der Waals surface area (Å²) in [5.41, 5.74) is 0.808. The largest absolute Gasteiger partial charge is 0.508 e. The molecule has 0 saturated heterocycles. The maximum atomic E-state index is 11.9. The average Bonchev–Trinajstić information content (AvgIpc) is 2.80. The lowest BCUT2D eigenvalue weighted by atomic mass is 10.2. The predicted octanol–water partition coefficient (Wildman–Crippen LogP) is 2.51. The fraction of sp³-hybridized carbons (Fsp3) is 0.167. The molecule has 0 aliphatic carbocycles. The Morgan fingerprint density at radius 2 is 2.33 bits per heavy atom. The number of aromatic hydroxyl groups is 1. The Bertz CT molecular complexity index is 580. The summed E-state index contributed by atoms with van der Waals surface area (Å²) >= 11 is 5.90. The van der Waals surface area contributed by atoms with Gasteiger partial charge in [-0.3, -0.25) is 9.48 Å². The average molecular weight is 266 g/mol. The van der Waals surface area contributed by atoms with E-state index in [1.807, 2.05) is 6.92 Å². The maximum absolute atomic E-state index is 11.9. The number of hydrogen-bond donors (Lipinski definition) is 2. The Morgan fingerprint density at radius 3 is 3.00 bits per heavy atom. The van der Waals surface area contributed by atoms with Crippen LogP contribution in [0.25, 0.3) is 0 Å². The molecule has 1 amide bonds. The van der Waals surface area contributed by atoms with Gasteiger partial charge >= 0.3 is 0 Å². The number of amides is 1. The van der Waals surface area contributed by atoms with Crippen LogP contribution in [0.1, 0.15) is 17.3 Å². The number of nitrogens with zero attached hydrogens (tertiary/aromatic N) is 2. The zero-order valence-corrected chi connectivity index (χ0v) is 10.5. The number of phenols is 1. The molecule has 0 aliphatic heterocycles. The molecule has 18 heavy (non-hydrogen) atoms. The molecule has 0 saturated carbocycles. The van der Waals surface area contributed by atoms with Gasteiger partial charge in [-0.05, 0) is 25.1 Å². The first-order valence-corrected chi connectivity index (χ1v) is 5.80. The Labute approximate surface area is 109 Å². The molecule has 0 atom stereocenters. The number of carbonyl (C=O) groups excluding carboxylic acids is 1. The van der Waals surface area contributed by atoms with Crippen LogP contribution < -0.4 is 5.32 Å². The normalized spacial score (nSPS) is 10.3. The van der Waals surface area contributed by atoms with Crippen molar-refractivity contribution in [2.75, 3.05) is 5.32 Å². The number of anilines is 1. The van der Waals surface area contributed by atoms with Crippen molar-refractivity contribution in [3.05, 3.63) is 41.2 Å². The fourth-order valence-electron chi connectivity index (χ4n) is 1.49. The first kappa shape index (κ1) is 12.4. The third kappa shape index (κ3) is 2.62. The van der Waals surface area contributed by atoms with Crippen LogP contribution in [0, 0.1) is 0 Å². The number of rotatable bonds is 3. The molecule has 0 spiro atoms. The Hall–Kier alpha value is -2.01. The molecule has 0 fully saturated rings. The molecule has 94 valence electrons. The van der Waals surface area contributed by atoms with Gasteiger partial charge in [0.1, 0.15) is 5.75 Å². The highest BCUT2D eigenvalue weighted by atomic mass is 35.5. The first-order valence-electron chi connectivity index (χ1n) is 5.42. The highest BCUT2D eigenvalue weighted by molar-refractivity contribution is 6.34. The molecular formula is C12H12ClN3O2. The molecule has 0 aliphatic rings. The van der Waals surface area contributed by atoms with E-state index in [2.05, 4.69) is 10.4 Å². The lowest BCUT2D eigenvalue weighted by Crippen LogP contribution is -2.11. The van der Waals surface area contributed by atoms with E-state index in [0.717, 1.165) is 6.54 Å². The third-order valence-electron chi connectivity index (χ3n) is 2.41. The maximum Gasteiger partial charge on any atom is 0.257 e. The molecule has 1 aromatic carbocycles. The van der Waals surface area contributed by atoms with Gasteiger partial charge in [0.15, 0.2) is 0 Å². The Kier molecular flexibility index (Phi) is 3.53. The summed E-state index contributed by atoms with van der Waals surface area (Å²) in [5.74, 6) is -0.389. The van der Waals surface area contributed by atoms with E-state index in [9.17, 15) is 9.90 Å². The minimum atomic E-state index is -0.383. The number of aromatic nitrogens is 2. The summed E-state index contributed by atoms with van der Waals surface area (Å²) in [5, 5.41) is 16.3. The van der Waals surface area contributed by atoms with Crippen LogP contribution >= 0.6 is 11.6 Å². The van der Waals surface area contributed by atoms with E-state index in [0.29, 0.717) is 5.69 Å². The van der Waals surface area contributed by atoms with Crippen LogP contribution in [0.3, 0.4) is 0 Å². The number of halogens is 1. The summed E-state index contributed by atoms with van der Waals surface area (Å²) in [6.45, 7) is 2.67. The van der Waals surface area contributed by atoms with Gasteiger partial charge in [0.05, 0.1) is 22.5 Å². The standard InChI is InChI=1S/C12H12ClN3O2/c1-2-16-7-8(6-14-16)15-12(18)10-5-9(17)3-4-11(10)13/h3-7,17H,2H2,1H3,(H,15,18). The summed E-state index contributed by atoms with van der Waals surface area (Å²) < 4.78 is 1.69. The molecule has 1 heterocycles. The van der Waals surface area contributed by atoms with Crippen molar-refractivity contribution >= 4 is 23.2 Å². The van der Waals surface area contributed by atoms with Crippen LogP contribution in [0.15, 0.2) is 30.6 Å². The summed E-state index contributed by atoms with van der Waals surface area (Å²) in [7, 11) is 0. The van der Waals surface area contributed by atoms with Crippen LogP contribution in [-0.2, 0) is 6.54 Å². The lowest BCUT2D eigenvalue weighted by Gasteiger charge is -2.05. The molecule has 0 unspecified atom stereocenters. The van der Waals surface area contributed by atoms with Crippen LogP contribution in [0.4, 0.5) is 5.69 Å². The van der Waals surface area contributed by atoms with Gasteiger partial charge in [0, 0.05) is 12.7 Å². The van der Waals surface area contributed by atoms with Crippen molar-refractivity contribution in [2.24, 2.45) is 0 Å². The number of aryl methyl sites for hydroxylation is 1. The number of nitrogens with one attached hydrogen (secondary N) is 1. The van der Waals surface area contributed by atoms with Crippen LogP contribution in [0.5, 0.6) is 5.75 Å². The second kappa shape index (κ2) is 5.10. The van der Waals surface area contributed by atoms with Gasteiger partial charge in [0.25, 0.3) is 5.91 Å². The minimum absolute atomic E-state index is 0.00574. The molecule has 5 nitrogen and oxygen atoms in total. The summed E-state index contributed by atoms with van der Waals surface area (Å²) in [4.78, 5) is 11.9. The van der Waals surface area contributed by atoms with E-state index in [4.69, 9.17) is 11.6 Å². The summed E-state index contributed by atoms with van der Waals surface area (Å²) in [6, 6.07) is 4.22. The zero-order valence-electron chi connectivity index (χ0n) is 9.72. The SMILES string of the molecule is CCn1cc(NC(=O)c2cc(O)ccc2Cl)cn1. The van der Waals surface area contributed by atoms with E-state index >= 15 is 0 Å². The molecule has 0 radical (unpaired) electrons. The van der Waals surface area contributed by atoms with Crippen molar-refractivity contribution in [3.8, 4) is 5.75 Å². The molecule has 2 N–H and O–H groups in total. The Balaban J connectivity index is 2.19. The minimum Gasteiger partial charge on any atom is -0.508 e. The summed E-state index contributed by atoms with van der Waals surface area (Å²) in [6.07, 6.45) is 3.27. The van der Waals surface area contributed by atoms with Gasteiger partial charge in [-0.1, -0.05) is 11.6 Å². The molecule has 2 aromatic rings. The van der Waals surface area contributed by atoms with Crippen molar-refractivity contribution in [2.45, 2.75) is 13.5 Å². The second-order valence-corrected chi connectivity index (χ2v) is 4.11. The van der Waals surface area contributed by atoms with E-state index < -0.39 is 0 Å². The zero-order chi connectivity index (χ0) is 13.1. The highest BCUT2D eigenvalue weighted by Crippen LogP contribution is 2.22. The van der Waals surface area contributed by atoms with Gasteiger partial charge in [-0.2, -0.15) is 5.10 Å². The first-order chi connectivity index (χ1) is 8.60. The molecule has 2 rings (SSSR count). The topological polar surface area (TPSA) is 67.2 Å². The van der Waals surface area contributed by atoms with Crippen LogP contribution in [-0.4, -0.2) is 20.8 Å². The van der Waals surface area contributed by atoms with Gasteiger partial charge in [-0.25, -0.2) is 0 Å². The van der Waals surface area contributed by atoms with E-state index in [1.54, 1.807) is 17.1 Å². The predicted molar refractivity (Wildman–Crippen MR) is 69.0 cm³/mol. The third-order valence-corrected chi connectivity index (χ3v) is 2.74. The molecule has 6 heteroatoms. The smallest absolute Gasteiger partial charge is 0.257 e. The number of hydrogen-bond acceptors (Lipinski definition) is 3. The number of benzene rings is 1. The van der Waals surface area contributed by atoms with Crippen molar-refractivity contribution in [1.82, 2.24) is 9.78 Å². The fourth-order valence-corrected chi connectivity index (χ4v) is 1.69. The second-order valence-electron chi connectivity index (χ2n) is 3.70. The van der Waals surface area contributed by atoms with Crippen molar-refractivity contribution < 1.29 is 9.90 Å². The number of carbonyl (C=O) groups is 1. The lowest BCUT2D eigenvalue weighted by molar-refractivity contribution is 0.102. The van der Waals surface area contributed by atoms with E-state index in [-0.39, 0.29) is 22.2 Å². The highest BCUT2D eigenvalue weighted by Gasteiger charge is 2.12. The quantitative estimate of drug-likeness (QED) is 0.896. The van der Waals surface area contributed by atoms with Crippen molar-refractivity contribution in [1.29, 1.82) is 0 Å². The van der Waals surface area contributed by atoms with Crippen LogP contribution in [0.2, 0.25) is 5.02 Å². The Morgan fingerprint density at radius 1 is 1.56 bits per heavy atom. The van der Waals surface area contributed by atoms with Gasteiger partial charge in [0.2, 0.25) is 0 Å². The van der Waals surface area contributed by atoms with Gasteiger partial charge in [-0.15, -0.1) is 0 Å². The monoisotopic (exact) mass is 265 g/mol. The van der Waals surface area contributed by atoms with Gasteiger partial charge < -0.3 is 10.4 Å². The van der Waals surface area contributed by atoms with E-state index in [1.165, 1.54) is 18.2 Å². The molecule has 1 aromatic heterocycles. The molecular weight excluding hydrogens is 254 g/mol. The number of phenolic OH excluding ortho intramolecular Hbond substituents is 1. The molecule has 0 bridgehead atoms.